The van der Waals surface area contributed by atoms with Crippen LogP contribution in [0.4, 0.5) is 5.00 Å². The van der Waals surface area contributed by atoms with Gasteiger partial charge in [0.05, 0.1) is 9.40 Å². The standard InChI is InChI=1S/C8H4BrNO3S/c9-5-1-4-2-8(10(12)13)14-7(4)3-6(5)11/h1-3,11H. The van der Waals surface area contributed by atoms with Crippen LogP contribution >= 0.6 is 27.3 Å². The Morgan fingerprint density at radius 3 is 2.79 bits per heavy atom. The zero-order chi connectivity index (χ0) is 10.3. The van der Waals surface area contributed by atoms with Crippen molar-refractivity contribution in [2.75, 3.05) is 0 Å². The van der Waals surface area contributed by atoms with Crippen molar-refractivity contribution in [3.63, 3.8) is 0 Å². The highest BCUT2D eigenvalue weighted by atomic mass is 79.9. The fourth-order valence-electron chi connectivity index (χ4n) is 1.12. The third kappa shape index (κ3) is 1.46. The van der Waals surface area contributed by atoms with Crippen LogP contribution in [0.1, 0.15) is 0 Å². The van der Waals surface area contributed by atoms with Gasteiger partial charge in [0.15, 0.2) is 0 Å². The number of aromatic hydroxyl groups is 1. The molecule has 1 N–H and O–H groups in total. The number of benzene rings is 1. The Bertz CT molecular complexity index is 484. The summed E-state index contributed by atoms with van der Waals surface area (Å²) in [6.07, 6.45) is 0. The van der Waals surface area contributed by atoms with Crippen LogP contribution in [-0.4, -0.2) is 10.0 Å². The van der Waals surface area contributed by atoms with E-state index in [0.29, 0.717) is 9.17 Å². The number of halogens is 1. The third-order valence-corrected chi connectivity index (χ3v) is 3.44. The minimum atomic E-state index is -0.435. The number of thiophene rings is 1. The number of nitrogens with zero attached hydrogens (tertiary/aromatic N) is 1. The predicted octanol–water partition coefficient (Wildman–Crippen LogP) is 3.28. The summed E-state index contributed by atoms with van der Waals surface area (Å²) in [6, 6.07) is 4.66. The quantitative estimate of drug-likeness (QED) is 0.641. The summed E-state index contributed by atoms with van der Waals surface area (Å²) in [5.41, 5.74) is 0. The molecule has 0 aliphatic carbocycles. The van der Waals surface area contributed by atoms with Crippen LogP contribution in [0.3, 0.4) is 0 Å². The lowest BCUT2D eigenvalue weighted by molar-refractivity contribution is -0.380. The molecule has 2 aromatic rings. The maximum Gasteiger partial charge on any atom is 0.325 e. The average molecular weight is 274 g/mol. The minimum absolute atomic E-state index is 0.0810. The fourth-order valence-corrected chi connectivity index (χ4v) is 2.38. The molecule has 1 aromatic carbocycles. The average Bonchev–Trinajstić information content (AvgIpc) is 2.48. The molecule has 0 unspecified atom stereocenters. The van der Waals surface area contributed by atoms with E-state index in [2.05, 4.69) is 15.9 Å². The van der Waals surface area contributed by atoms with Crippen molar-refractivity contribution in [1.82, 2.24) is 0 Å². The molecule has 6 heteroatoms. The highest BCUT2D eigenvalue weighted by Gasteiger charge is 2.12. The summed E-state index contributed by atoms with van der Waals surface area (Å²) in [5, 5.41) is 20.7. The van der Waals surface area contributed by atoms with E-state index in [9.17, 15) is 15.2 Å². The van der Waals surface area contributed by atoms with Crippen LogP contribution in [-0.2, 0) is 0 Å². The molecule has 0 aliphatic rings. The lowest BCUT2D eigenvalue weighted by Gasteiger charge is -1.94. The van der Waals surface area contributed by atoms with Crippen molar-refractivity contribution >= 4 is 42.4 Å². The largest absolute Gasteiger partial charge is 0.507 e. The molecule has 0 bridgehead atoms. The lowest BCUT2D eigenvalue weighted by atomic mass is 10.2. The molecule has 0 aliphatic heterocycles. The topological polar surface area (TPSA) is 63.4 Å². The normalized spacial score (nSPS) is 10.6. The van der Waals surface area contributed by atoms with E-state index in [1.165, 1.54) is 12.1 Å². The number of phenolic OH excluding ortho intramolecular Hbond substituents is 1. The van der Waals surface area contributed by atoms with Crippen molar-refractivity contribution in [2.24, 2.45) is 0 Å². The first-order valence-corrected chi connectivity index (χ1v) is 5.25. The fraction of sp³-hybridized carbons (Fsp3) is 0. The Morgan fingerprint density at radius 1 is 1.43 bits per heavy atom. The molecule has 0 spiro atoms. The van der Waals surface area contributed by atoms with Crippen LogP contribution < -0.4 is 0 Å². The first-order chi connectivity index (χ1) is 6.58. The number of hydrogen-bond acceptors (Lipinski definition) is 4. The molecular formula is C8H4BrNO3S. The summed E-state index contributed by atoms with van der Waals surface area (Å²) in [7, 11) is 0. The Kier molecular flexibility index (Phi) is 2.16. The minimum Gasteiger partial charge on any atom is -0.507 e. The molecular weight excluding hydrogens is 270 g/mol. The van der Waals surface area contributed by atoms with Gasteiger partial charge in [-0.05, 0) is 28.1 Å². The van der Waals surface area contributed by atoms with Gasteiger partial charge in [-0.25, -0.2) is 0 Å². The Labute approximate surface area is 91.1 Å². The van der Waals surface area contributed by atoms with E-state index in [-0.39, 0.29) is 10.8 Å². The van der Waals surface area contributed by atoms with Crippen molar-refractivity contribution in [1.29, 1.82) is 0 Å². The summed E-state index contributed by atoms with van der Waals surface area (Å²) in [6.45, 7) is 0. The molecule has 72 valence electrons. The van der Waals surface area contributed by atoms with Crippen LogP contribution in [0, 0.1) is 10.1 Å². The van der Waals surface area contributed by atoms with Crippen LogP contribution in [0.25, 0.3) is 10.1 Å². The molecule has 0 amide bonds. The summed E-state index contributed by atoms with van der Waals surface area (Å²) in [4.78, 5) is 10.0. The summed E-state index contributed by atoms with van der Waals surface area (Å²) >= 11 is 4.20. The molecule has 1 heterocycles. The first kappa shape index (κ1) is 9.42. The van der Waals surface area contributed by atoms with Gasteiger partial charge in [0, 0.05) is 16.2 Å². The van der Waals surface area contributed by atoms with Gasteiger partial charge < -0.3 is 5.11 Å². The van der Waals surface area contributed by atoms with Gasteiger partial charge in [-0.2, -0.15) is 0 Å². The number of hydrogen-bond donors (Lipinski definition) is 1. The molecule has 2 rings (SSSR count). The second-order valence-electron chi connectivity index (χ2n) is 2.68. The van der Waals surface area contributed by atoms with Crippen molar-refractivity contribution in [2.45, 2.75) is 0 Å². The molecule has 4 nitrogen and oxygen atoms in total. The summed E-state index contributed by atoms with van der Waals surface area (Å²) < 4.78 is 1.25. The second-order valence-corrected chi connectivity index (χ2v) is 4.60. The molecule has 0 fully saturated rings. The zero-order valence-electron chi connectivity index (χ0n) is 6.73. The van der Waals surface area contributed by atoms with Crippen molar-refractivity contribution < 1.29 is 10.0 Å². The lowest BCUT2D eigenvalue weighted by Crippen LogP contribution is -1.80. The Morgan fingerprint density at radius 2 is 2.14 bits per heavy atom. The van der Waals surface area contributed by atoms with Crippen molar-refractivity contribution in [3.8, 4) is 5.75 Å². The molecule has 14 heavy (non-hydrogen) atoms. The van der Waals surface area contributed by atoms with E-state index < -0.39 is 4.92 Å². The molecule has 0 radical (unpaired) electrons. The number of nitro groups is 1. The molecule has 1 aromatic heterocycles. The first-order valence-electron chi connectivity index (χ1n) is 3.64. The van der Waals surface area contributed by atoms with E-state index >= 15 is 0 Å². The third-order valence-electron chi connectivity index (χ3n) is 1.75. The van der Waals surface area contributed by atoms with Gasteiger partial charge in [-0.15, -0.1) is 0 Å². The Hall–Kier alpha value is -1.14. The van der Waals surface area contributed by atoms with Gasteiger partial charge in [0.2, 0.25) is 0 Å². The summed E-state index contributed by atoms with van der Waals surface area (Å²) in [5.74, 6) is 0.0919. The predicted molar refractivity (Wildman–Crippen MR) is 57.8 cm³/mol. The highest BCUT2D eigenvalue weighted by Crippen LogP contribution is 2.37. The van der Waals surface area contributed by atoms with Gasteiger partial charge in [-0.3, -0.25) is 10.1 Å². The number of fused-ring (bicyclic) bond motifs is 1. The number of rotatable bonds is 1. The monoisotopic (exact) mass is 273 g/mol. The zero-order valence-corrected chi connectivity index (χ0v) is 9.13. The SMILES string of the molecule is O=[N+]([O-])c1cc2cc(Br)c(O)cc2s1. The van der Waals surface area contributed by atoms with E-state index in [0.717, 1.165) is 16.7 Å². The van der Waals surface area contributed by atoms with E-state index in [4.69, 9.17) is 0 Å². The second kappa shape index (κ2) is 3.21. The highest BCUT2D eigenvalue weighted by molar-refractivity contribution is 9.10. The van der Waals surface area contributed by atoms with Gasteiger partial charge in [0.1, 0.15) is 5.75 Å². The van der Waals surface area contributed by atoms with Crippen molar-refractivity contribution in [3.05, 3.63) is 32.8 Å². The van der Waals surface area contributed by atoms with Crippen LogP contribution in [0.15, 0.2) is 22.7 Å². The van der Waals surface area contributed by atoms with E-state index in [1.54, 1.807) is 6.07 Å². The van der Waals surface area contributed by atoms with Gasteiger partial charge in [0.25, 0.3) is 0 Å². The maximum atomic E-state index is 10.5. The van der Waals surface area contributed by atoms with Crippen LogP contribution in [0.2, 0.25) is 0 Å². The smallest absolute Gasteiger partial charge is 0.325 e. The molecule has 0 saturated carbocycles. The van der Waals surface area contributed by atoms with Crippen LogP contribution in [0.5, 0.6) is 5.75 Å². The number of phenols is 1. The van der Waals surface area contributed by atoms with Gasteiger partial charge in [-0.1, -0.05) is 11.3 Å². The molecule has 0 atom stereocenters. The Balaban J connectivity index is 2.72. The van der Waals surface area contributed by atoms with E-state index in [1.807, 2.05) is 0 Å². The van der Waals surface area contributed by atoms with Gasteiger partial charge >= 0.3 is 5.00 Å². The maximum absolute atomic E-state index is 10.5. The molecule has 0 saturated heterocycles.